The number of carbonyl (C=O) groups is 1. The second-order valence-corrected chi connectivity index (χ2v) is 14.2. The number of aromatic nitrogens is 1. The van der Waals surface area contributed by atoms with Crippen LogP contribution >= 0.6 is 12.4 Å². The van der Waals surface area contributed by atoms with Crippen molar-refractivity contribution in [2.75, 3.05) is 13.1 Å². The number of amides is 1. The summed E-state index contributed by atoms with van der Waals surface area (Å²) < 4.78 is 6.67. The van der Waals surface area contributed by atoms with Gasteiger partial charge in [-0.15, -0.1) is 12.4 Å². The fraction of sp³-hybridized carbons (Fsp3) is 0.571. The molecule has 43 heavy (non-hydrogen) atoms. The fourth-order valence-electron chi connectivity index (χ4n) is 9.99. The topological polar surface area (TPSA) is 97.8 Å². The van der Waals surface area contributed by atoms with Gasteiger partial charge in [-0.3, -0.25) is 9.69 Å². The molecule has 3 saturated carbocycles. The highest BCUT2D eigenvalue weighted by Crippen LogP contribution is 2.65. The standard InChI is InChI=1S/C35H41N3O4.ClH/c39-27-12-11-22-17-28-35(41)14-13-26(32-34(35,29(22)31(27)42-32)15-16-38(28)19-20-9-10-20)37-33(40)24-8-4-7-23-25(18-36-30(23)24)21-5-2-1-3-6-21;/h4,7-8,11-12,18,20-21,26,28,32,36,39,41H,1-3,5-6,9-10,13-17,19H2,(H,37,40);1H/t26-,28+,32-,34-,35+;/m0./s1. The number of rotatable bonds is 5. The third kappa shape index (κ3) is 3.83. The summed E-state index contributed by atoms with van der Waals surface area (Å²) in [6.07, 6.45) is 13.4. The van der Waals surface area contributed by atoms with Gasteiger partial charge in [0, 0.05) is 29.7 Å². The summed E-state index contributed by atoms with van der Waals surface area (Å²) >= 11 is 0. The Balaban J connectivity index is 0.00000278. The molecule has 1 aromatic heterocycles. The second kappa shape index (κ2) is 9.88. The van der Waals surface area contributed by atoms with E-state index >= 15 is 0 Å². The van der Waals surface area contributed by atoms with Gasteiger partial charge in [0.15, 0.2) is 11.5 Å². The third-order valence-electron chi connectivity index (χ3n) is 12.1. The number of phenolic OH excluding ortho intramolecular Hbond substituents is 1. The molecule has 9 rings (SSSR count). The van der Waals surface area contributed by atoms with Crippen molar-refractivity contribution >= 4 is 29.2 Å². The number of aromatic hydroxyl groups is 1. The number of para-hydroxylation sites is 1. The number of nitrogens with one attached hydrogen (secondary N) is 2. The number of fused-ring (bicyclic) bond motifs is 1. The zero-order valence-electron chi connectivity index (χ0n) is 24.6. The summed E-state index contributed by atoms with van der Waals surface area (Å²) in [5, 5.41) is 28.2. The summed E-state index contributed by atoms with van der Waals surface area (Å²) in [5.74, 6) is 1.86. The average Bonchev–Trinajstić information content (AvgIpc) is 3.59. The van der Waals surface area contributed by atoms with Gasteiger partial charge < -0.3 is 25.3 Å². The van der Waals surface area contributed by atoms with Crippen molar-refractivity contribution in [1.82, 2.24) is 15.2 Å². The van der Waals surface area contributed by atoms with E-state index in [1.807, 2.05) is 18.2 Å². The lowest BCUT2D eigenvalue weighted by Crippen LogP contribution is -2.78. The number of halogens is 1. The SMILES string of the molecule is Cl.O=C(N[C@H]1CC[C@@]2(O)[C@H]3Cc4ccc(O)c5c4[C@@]2(CCN3CC2CC2)[C@H]1O5)c1cccc2c(C3CCCCC3)c[nH]c12. The Morgan fingerprint density at radius 3 is 2.72 bits per heavy atom. The van der Waals surface area contributed by atoms with Gasteiger partial charge in [-0.05, 0) is 93.0 Å². The van der Waals surface area contributed by atoms with Gasteiger partial charge in [0.05, 0.1) is 28.1 Å². The number of hydrogen-bond acceptors (Lipinski definition) is 5. The number of H-pyrrole nitrogens is 1. The molecule has 2 aliphatic heterocycles. The maximum atomic E-state index is 14.0. The first-order valence-electron chi connectivity index (χ1n) is 16.4. The lowest BCUT2D eigenvalue weighted by Gasteiger charge is -2.64. The van der Waals surface area contributed by atoms with Crippen molar-refractivity contribution in [3.63, 3.8) is 0 Å². The van der Waals surface area contributed by atoms with E-state index in [2.05, 4.69) is 27.5 Å². The molecular weight excluding hydrogens is 562 g/mol. The van der Waals surface area contributed by atoms with Crippen LogP contribution in [0.1, 0.15) is 97.2 Å². The van der Waals surface area contributed by atoms with Gasteiger partial charge >= 0.3 is 0 Å². The first-order valence-corrected chi connectivity index (χ1v) is 16.4. The van der Waals surface area contributed by atoms with E-state index in [0.717, 1.165) is 48.3 Å². The van der Waals surface area contributed by atoms with Gasteiger partial charge in [0.1, 0.15) is 6.10 Å². The van der Waals surface area contributed by atoms with Crippen LogP contribution in [0, 0.1) is 5.92 Å². The minimum atomic E-state index is -0.952. The van der Waals surface area contributed by atoms with E-state index in [1.165, 1.54) is 56.1 Å². The fourth-order valence-corrected chi connectivity index (χ4v) is 9.99. The van der Waals surface area contributed by atoms with Crippen LogP contribution in [0.5, 0.6) is 11.5 Å². The molecule has 2 bridgehead atoms. The van der Waals surface area contributed by atoms with Crippen molar-refractivity contribution in [3.8, 4) is 11.5 Å². The van der Waals surface area contributed by atoms with Crippen molar-refractivity contribution < 1.29 is 19.7 Å². The second-order valence-electron chi connectivity index (χ2n) is 14.2. The third-order valence-corrected chi connectivity index (χ3v) is 12.1. The summed E-state index contributed by atoms with van der Waals surface area (Å²) in [6, 6.07) is 9.60. The maximum Gasteiger partial charge on any atom is 0.253 e. The van der Waals surface area contributed by atoms with Crippen LogP contribution in [0.3, 0.4) is 0 Å². The van der Waals surface area contributed by atoms with Gasteiger partial charge in [-0.2, -0.15) is 0 Å². The number of nitrogens with zero attached hydrogens (tertiary/aromatic N) is 1. The molecule has 8 heteroatoms. The van der Waals surface area contributed by atoms with Crippen LogP contribution in [0.15, 0.2) is 36.5 Å². The molecule has 3 aromatic rings. The summed E-state index contributed by atoms with van der Waals surface area (Å²) in [6.45, 7) is 1.96. The number of phenols is 1. The molecule has 6 aliphatic rings. The first kappa shape index (κ1) is 27.8. The number of aromatic amines is 1. The monoisotopic (exact) mass is 603 g/mol. The number of benzene rings is 2. The van der Waals surface area contributed by atoms with Crippen molar-refractivity contribution in [3.05, 3.63) is 58.8 Å². The predicted molar refractivity (Wildman–Crippen MR) is 167 cm³/mol. The number of aliphatic hydroxyl groups is 1. The van der Waals surface area contributed by atoms with E-state index in [0.29, 0.717) is 30.1 Å². The quantitative estimate of drug-likeness (QED) is 0.300. The normalized spacial score (nSPS) is 33.0. The van der Waals surface area contributed by atoms with E-state index < -0.39 is 17.1 Å². The Hall–Kier alpha value is -2.74. The molecule has 228 valence electrons. The van der Waals surface area contributed by atoms with Crippen LogP contribution in [0.4, 0.5) is 0 Å². The Bertz CT molecular complexity index is 1600. The molecule has 1 amide bonds. The number of carbonyl (C=O) groups excluding carboxylic acids is 1. The maximum absolute atomic E-state index is 14.0. The highest BCUT2D eigenvalue weighted by atomic mass is 35.5. The van der Waals surface area contributed by atoms with Crippen LogP contribution < -0.4 is 10.1 Å². The summed E-state index contributed by atoms with van der Waals surface area (Å²) in [4.78, 5) is 20.0. The Morgan fingerprint density at radius 1 is 1.07 bits per heavy atom. The smallest absolute Gasteiger partial charge is 0.253 e. The molecule has 4 N–H and O–H groups in total. The minimum absolute atomic E-state index is 0. The molecule has 7 nitrogen and oxygen atoms in total. The molecule has 2 aromatic carbocycles. The van der Waals surface area contributed by atoms with Gasteiger partial charge in [0.25, 0.3) is 5.91 Å². The number of hydrogen-bond donors (Lipinski definition) is 4. The Morgan fingerprint density at radius 2 is 1.91 bits per heavy atom. The van der Waals surface area contributed by atoms with Crippen molar-refractivity contribution in [2.45, 2.75) is 106 Å². The molecule has 4 aliphatic carbocycles. The van der Waals surface area contributed by atoms with Crippen LogP contribution in [0.25, 0.3) is 10.9 Å². The molecule has 1 saturated heterocycles. The van der Waals surface area contributed by atoms with E-state index in [4.69, 9.17) is 4.74 Å². The predicted octanol–water partition coefficient (Wildman–Crippen LogP) is 5.71. The highest BCUT2D eigenvalue weighted by Gasteiger charge is 2.73. The molecule has 1 spiro atoms. The molecule has 0 radical (unpaired) electrons. The van der Waals surface area contributed by atoms with E-state index in [1.54, 1.807) is 6.07 Å². The van der Waals surface area contributed by atoms with Gasteiger partial charge in [0.2, 0.25) is 0 Å². The Labute approximate surface area is 258 Å². The van der Waals surface area contributed by atoms with E-state index in [9.17, 15) is 15.0 Å². The molecular formula is C35H42ClN3O4. The zero-order chi connectivity index (χ0) is 28.2. The highest BCUT2D eigenvalue weighted by molar-refractivity contribution is 6.06. The molecule has 3 heterocycles. The van der Waals surface area contributed by atoms with Gasteiger partial charge in [-0.1, -0.05) is 37.5 Å². The van der Waals surface area contributed by atoms with Crippen molar-refractivity contribution in [1.29, 1.82) is 0 Å². The van der Waals surface area contributed by atoms with Crippen molar-refractivity contribution in [2.24, 2.45) is 5.92 Å². The molecule has 0 unspecified atom stereocenters. The number of likely N-dealkylation sites (tertiary alicyclic amines) is 1. The van der Waals surface area contributed by atoms with E-state index in [-0.39, 0.29) is 36.1 Å². The minimum Gasteiger partial charge on any atom is -0.504 e. The number of ether oxygens (including phenoxy) is 1. The zero-order valence-corrected chi connectivity index (χ0v) is 25.4. The van der Waals surface area contributed by atoms with Crippen LogP contribution in [0.2, 0.25) is 0 Å². The lowest BCUT2D eigenvalue weighted by molar-refractivity contribution is -0.191. The van der Waals surface area contributed by atoms with Crippen LogP contribution in [-0.2, 0) is 11.8 Å². The summed E-state index contributed by atoms with van der Waals surface area (Å²) in [5.41, 5.74) is 3.49. The number of piperidine rings is 1. The summed E-state index contributed by atoms with van der Waals surface area (Å²) in [7, 11) is 0. The average molecular weight is 604 g/mol. The lowest BCUT2D eigenvalue weighted by atomic mass is 9.48. The van der Waals surface area contributed by atoms with Crippen LogP contribution in [-0.4, -0.2) is 62.9 Å². The van der Waals surface area contributed by atoms with Gasteiger partial charge in [-0.25, -0.2) is 0 Å². The largest absolute Gasteiger partial charge is 0.504 e. The Kier molecular flexibility index (Phi) is 6.39. The molecule has 4 fully saturated rings. The first-order chi connectivity index (χ1) is 20.5. The molecule has 5 atom stereocenters.